The van der Waals surface area contributed by atoms with E-state index in [0.717, 1.165) is 23.4 Å². The second-order valence-corrected chi connectivity index (χ2v) is 6.26. The molecule has 1 atom stereocenters. The lowest BCUT2D eigenvalue weighted by atomic mass is 9.91. The van der Waals surface area contributed by atoms with Gasteiger partial charge in [0.1, 0.15) is 6.61 Å². The zero-order valence-corrected chi connectivity index (χ0v) is 13.7. The van der Waals surface area contributed by atoms with Crippen LogP contribution in [0.5, 0.6) is 0 Å². The molecule has 0 radical (unpaired) electrons. The molecule has 1 saturated heterocycles. The van der Waals surface area contributed by atoms with Gasteiger partial charge in [0.05, 0.1) is 6.54 Å². The molecular formula is C17H24F2N2O2. The summed E-state index contributed by atoms with van der Waals surface area (Å²) in [6.07, 6.45) is 0.529. The maximum Gasteiger partial charge on any atom is 0.410 e. The molecule has 0 aliphatic carbocycles. The first-order chi connectivity index (χ1) is 10.9. The number of nitrogens with zero attached hydrogens (tertiary/aromatic N) is 2. The number of piperidine rings is 1. The molecule has 6 heteroatoms. The van der Waals surface area contributed by atoms with Crippen molar-refractivity contribution in [3.05, 3.63) is 35.9 Å². The van der Waals surface area contributed by atoms with E-state index >= 15 is 0 Å². The minimum Gasteiger partial charge on any atom is -0.445 e. The molecule has 1 aliphatic heterocycles. The van der Waals surface area contributed by atoms with Crippen LogP contribution in [0.25, 0.3) is 0 Å². The molecule has 0 spiro atoms. The first-order valence-corrected chi connectivity index (χ1v) is 7.86. The van der Waals surface area contributed by atoms with Gasteiger partial charge in [-0.3, -0.25) is 0 Å². The van der Waals surface area contributed by atoms with Crippen LogP contribution < -0.4 is 0 Å². The Bertz CT molecular complexity index is 511. The van der Waals surface area contributed by atoms with Crippen molar-refractivity contribution in [2.24, 2.45) is 5.92 Å². The zero-order chi connectivity index (χ0) is 16.9. The molecule has 1 amide bonds. The molecule has 1 aliphatic rings. The van der Waals surface area contributed by atoms with Gasteiger partial charge in [-0.25, -0.2) is 13.6 Å². The summed E-state index contributed by atoms with van der Waals surface area (Å²) in [7, 11) is 3.20. The molecule has 0 saturated carbocycles. The highest BCUT2D eigenvalue weighted by molar-refractivity contribution is 5.67. The predicted molar refractivity (Wildman–Crippen MR) is 84.4 cm³/mol. The van der Waals surface area contributed by atoms with Crippen LogP contribution in [0, 0.1) is 5.92 Å². The monoisotopic (exact) mass is 326 g/mol. The molecule has 1 aromatic carbocycles. The number of carbonyl (C=O) groups is 1. The lowest BCUT2D eigenvalue weighted by Gasteiger charge is -2.36. The lowest BCUT2D eigenvalue weighted by molar-refractivity contribution is -0.0939. The summed E-state index contributed by atoms with van der Waals surface area (Å²) in [4.78, 5) is 14.8. The third-order valence-electron chi connectivity index (χ3n) is 4.19. The highest BCUT2D eigenvalue weighted by atomic mass is 19.3. The summed E-state index contributed by atoms with van der Waals surface area (Å²) < 4.78 is 33.8. The third-order valence-corrected chi connectivity index (χ3v) is 4.19. The quantitative estimate of drug-likeness (QED) is 0.833. The summed E-state index contributed by atoms with van der Waals surface area (Å²) in [6, 6.07) is 9.17. The molecule has 1 aromatic rings. The number of rotatable bonds is 5. The zero-order valence-electron chi connectivity index (χ0n) is 13.7. The van der Waals surface area contributed by atoms with E-state index in [1.54, 1.807) is 0 Å². The van der Waals surface area contributed by atoms with Crippen LogP contribution in [0.2, 0.25) is 0 Å². The molecular weight excluding hydrogens is 302 g/mol. The Morgan fingerprint density at radius 1 is 1.39 bits per heavy atom. The standard InChI is InChI=1S/C17H24F2N2O2/c1-20-10-6-9-15(11-20)17(18,19)13-21(2)16(22)23-12-14-7-4-3-5-8-14/h3-5,7-8,15H,6,9-13H2,1-2H3. The van der Waals surface area contributed by atoms with Crippen molar-refractivity contribution in [1.82, 2.24) is 9.80 Å². The van der Waals surface area contributed by atoms with Crippen molar-refractivity contribution in [3.8, 4) is 0 Å². The van der Waals surface area contributed by atoms with E-state index in [2.05, 4.69) is 0 Å². The number of hydrogen-bond donors (Lipinski definition) is 0. The third kappa shape index (κ3) is 5.16. The van der Waals surface area contributed by atoms with Crippen LogP contribution in [0.15, 0.2) is 30.3 Å². The number of benzene rings is 1. The fourth-order valence-electron chi connectivity index (χ4n) is 2.85. The Morgan fingerprint density at radius 2 is 2.09 bits per heavy atom. The average molecular weight is 326 g/mol. The second-order valence-electron chi connectivity index (χ2n) is 6.26. The molecule has 128 valence electrons. The number of ether oxygens (including phenoxy) is 1. The average Bonchev–Trinajstić information content (AvgIpc) is 2.53. The van der Waals surface area contributed by atoms with Gasteiger partial charge in [-0.2, -0.15) is 0 Å². The van der Waals surface area contributed by atoms with Gasteiger partial charge in [0, 0.05) is 19.5 Å². The first kappa shape index (κ1) is 17.7. The Kier molecular flexibility index (Phi) is 5.93. The van der Waals surface area contributed by atoms with E-state index in [1.165, 1.54) is 7.05 Å². The lowest BCUT2D eigenvalue weighted by Crippen LogP contribution is -2.48. The molecule has 1 fully saturated rings. The van der Waals surface area contributed by atoms with Crippen LogP contribution in [0.1, 0.15) is 18.4 Å². The number of halogens is 2. The Hall–Kier alpha value is -1.69. The second kappa shape index (κ2) is 7.73. The van der Waals surface area contributed by atoms with Crippen LogP contribution in [-0.4, -0.2) is 55.5 Å². The first-order valence-electron chi connectivity index (χ1n) is 7.86. The molecule has 0 bridgehead atoms. The van der Waals surface area contributed by atoms with Gasteiger partial charge in [-0.05, 0) is 32.0 Å². The maximum absolute atomic E-state index is 14.4. The van der Waals surface area contributed by atoms with Crippen LogP contribution in [-0.2, 0) is 11.3 Å². The van der Waals surface area contributed by atoms with Gasteiger partial charge in [0.2, 0.25) is 0 Å². The van der Waals surface area contributed by atoms with Crippen LogP contribution in [0.4, 0.5) is 13.6 Å². The topological polar surface area (TPSA) is 32.8 Å². The van der Waals surface area contributed by atoms with Gasteiger partial charge >= 0.3 is 6.09 Å². The van der Waals surface area contributed by atoms with Gasteiger partial charge in [0.15, 0.2) is 0 Å². The van der Waals surface area contributed by atoms with Crippen molar-refractivity contribution in [2.75, 3.05) is 33.7 Å². The van der Waals surface area contributed by atoms with Crippen molar-refractivity contribution >= 4 is 6.09 Å². The Balaban J connectivity index is 1.84. The molecule has 0 aromatic heterocycles. The van der Waals surface area contributed by atoms with E-state index in [1.807, 2.05) is 42.3 Å². The Morgan fingerprint density at radius 3 is 2.74 bits per heavy atom. The van der Waals surface area contributed by atoms with E-state index in [0.29, 0.717) is 13.0 Å². The molecule has 1 unspecified atom stereocenters. The summed E-state index contributed by atoms with van der Waals surface area (Å²) in [5.74, 6) is -3.62. The van der Waals surface area contributed by atoms with Gasteiger partial charge in [-0.1, -0.05) is 30.3 Å². The van der Waals surface area contributed by atoms with Crippen molar-refractivity contribution in [3.63, 3.8) is 0 Å². The van der Waals surface area contributed by atoms with E-state index < -0.39 is 24.5 Å². The number of alkyl halides is 2. The van der Waals surface area contributed by atoms with E-state index in [-0.39, 0.29) is 6.61 Å². The predicted octanol–water partition coefficient (Wildman–Crippen LogP) is 3.23. The summed E-state index contributed by atoms with van der Waals surface area (Å²) in [5.41, 5.74) is 0.829. The molecule has 2 rings (SSSR count). The summed E-state index contributed by atoms with van der Waals surface area (Å²) >= 11 is 0. The van der Waals surface area contributed by atoms with E-state index in [4.69, 9.17) is 4.74 Å². The molecule has 4 nitrogen and oxygen atoms in total. The smallest absolute Gasteiger partial charge is 0.410 e. The number of hydrogen-bond acceptors (Lipinski definition) is 3. The normalized spacial score (nSPS) is 19.4. The van der Waals surface area contributed by atoms with E-state index in [9.17, 15) is 13.6 Å². The van der Waals surface area contributed by atoms with Crippen LogP contribution in [0.3, 0.4) is 0 Å². The Labute approximate surface area is 136 Å². The van der Waals surface area contributed by atoms with Crippen molar-refractivity contribution in [2.45, 2.75) is 25.4 Å². The molecule has 1 heterocycles. The number of carbonyl (C=O) groups excluding carboxylic acids is 1. The highest BCUT2D eigenvalue weighted by Gasteiger charge is 2.42. The van der Waals surface area contributed by atoms with Gasteiger partial charge < -0.3 is 14.5 Å². The number of likely N-dealkylation sites (tertiary alicyclic amines) is 1. The fourth-order valence-corrected chi connectivity index (χ4v) is 2.85. The van der Waals surface area contributed by atoms with Crippen molar-refractivity contribution < 1.29 is 18.3 Å². The molecule has 0 N–H and O–H groups in total. The minimum atomic E-state index is -2.91. The highest BCUT2D eigenvalue weighted by Crippen LogP contribution is 2.32. The maximum atomic E-state index is 14.4. The summed E-state index contributed by atoms with van der Waals surface area (Å²) in [5, 5.41) is 0. The van der Waals surface area contributed by atoms with Gasteiger partial charge in [-0.15, -0.1) is 0 Å². The van der Waals surface area contributed by atoms with Crippen molar-refractivity contribution in [1.29, 1.82) is 0 Å². The number of amides is 1. The van der Waals surface area contributed by atoms with Crippen LogP contribution >= 0.6 is 0 Å². The van der Waals surface area contributed by atoms with Gasteiger partial charge in [0.25, 0.3) is 5.92 Å². The summed E-state index contributed by atoms with van der Waals surface area (Å²) in [6.45, 7) is 0.683. The fraction of sp³-hybridized carbons (Fsp3) is 0.588. The SMILES string of the molecule is CN1CCCC(C(F)(F)CN(C)C(=O)OCc2ccccc2)C1. The largest absolute Gasteiger partial charge is 0.445 e. The minimum absolute atomic E-state index is 0.0851. The molecule has 23 heavy (non-hydrogen) atoms.